The van der Waals surface area contributed by atoms with Crippen LogP contribution in [-0.4, -0.2) is 0 Å². The highest BCUT2D eigenvalue weighted by molar-refractivity contribution is 5.85. The molecule has 1 aliphatic carbocycles. The topological polar surface area (TPSA) is 56.8 Å². The van der Waals surface area contributed by atoms with Gasteiger partial charge in [-0.15, -0.1) is 5.26 Å². The van der Waals surface area contributed by atoms with Crippen LogP contribution in [0.3, 0.4) is 0 Å². The van der Waals surface area contributed by atoms with E-state index in [9.17, 15) is 0 Å². The first-order chi connectivity index (χ1) is 17.5. The Kier molecular flexibility index (Phi) is 8.31. The maximum Gasteiger partial charge on any atom is 0.292 e. The standard InChI is InChI=1S/C29H20N2O.2C2H6/c1-29(2)27-15-22(20-5-3-19(17-30)4-6-20)9-13-25(27)26-14-10-23(16-28(26)29)21-7-11-24(12-8-21)32-18-31;2*1-2/h3-16H,1-2H3;2*1-2H3. The fourth-order valence-electron chi connectivity index (χ4n) is 4.60. The number of nitrogens with zero attached hydrogens (tertiary/aromatic N) is 2. The van der Waals surface area contributed by atoms with Gasteiger partial charge in [-0.05, 0) is 80.9 Å². The van der Waals surface area contributed by atoms with Crippen LogP contribution in [0.5, 0.6) is 5.75 Å². The van der Waals surface area contributed by atoms with Crippen LogP contribution in [0.1, 0.15) is 58.2 Å². The molecule has 1 aliphatic rings. The van der Waals surface area contributed by atoms with E-state index in [4.69, 9.17) is 15.3 Å². The first kappa shape index (κ1) is 26.3. The van der Waals surface area contributed by atoms with E-state index in [2.05, 4.69) is 56.3 Å². The molecule has 0 bridgehead atoms. The van der Waals surface area contributed by atoms with Crippen LogP contribution in [0.15, 0.2) is 84.9 Å². The van der Waals surface area contributed by atoms with Crippen molar-refractivity contribution >= 4 is 0 Å². The third-order valence-electron chi connectivity index (χ3n) is 6.37. The molecule has 0 spiro atoms. The average Bonchev–Trinajstić information content (AvgIpc) is 3.17. The predicted molar refractivity (Wildman–Crippen MR) is 149 cm³/mol. The summed E-state index contributed by atoms with van der Waals surface area (Å²) in [5.41, 5.74) is 10.2. The van der Waals surface area contributed by atoms with Crippen molar-refractivity contribution in [2.75, 3.05) is 0 Å². The Hall–Kier alpha value is -4.34. The minimum Gasteiger partial charge on any atom is -0.388 e. The second-order valence-corrected chi connectivity index (χ2v) is 8.55. The summed E-state index contributed by atoms with van der Waals surface area (Å²) in [5.74, 6) is 0.542. The molecule has 3 nitrogen and oxygen atoms in total. The number of hydrogen-bond donors (Lipinski definition) is 0. The highest BCUT2D eigenvalue weighted by Gasteiger charge is 2.35. The van der Waals surface area contributed by atoms with E-state index in [1.165, 1.54) is 22.3 Å². The summed E-state index contributed by atoms with van der Waals surface area (Å²) in [6.07, 6.45) is 1.71. The number of rotatable bonds is 3. The molecule has 180 valence electrons. The smallest absolute Gasteiger partial charge is 0.292 e. The Morgan fingerprint density at radius 1 is 0.583 bits per heavy atom. The highest BCUT2D eigenvalue weighted by atomic mass is 16.5. The third-order valence-corrected chi connectivity index (χ3v) is 6.37. The van der Waals surface area contributed by atoms with Gasteiger partial charge in [-0.3, -0.25) is 0 Å². The van der Waals surface area contributed by atoms with Gasteiger partial charge in [-0.25, -0.2) is 0 Å². The molecule has 36 heavy (non-hydrogen) atoms. The zero-order valence-electron chi connectivity index (χ0n) is 21.9. The second kappa shape index (κ2) is 11.4. The van der Waals surface area contributed by atoms with Gasteiger partial charge in [-0.2, -0.15) is 5.26 Å². The number of ether oxygens (including phenoxy) is 1. The van der Waals surface area contributed by atoms with Crippen LogP contribution in [-0.2, 0) is 5.41 Å². The molecule has 0 N–H and O–H groups in total. The molecule has 0 saturated carbocycles. The molecule has 0 radical (unpaired) electrons. The van der Waals surface area contributed by atoms with Crippen LogP contribution in [0.2, 0.25) is 0 Å². The fourth-order valence-corrected chi connectivity index (χ4v) is 4.60. The number of hydrogen-bond acceptors (Lipinski definition) is 3. The van der Waals surface area contributed by atoms with Crippen LogP contribution in [0, 0.1) is 22.8 Å². The van der Waals surface area contributed by atoms with E-state index in [0.29, 0.717) is 11.3 Å². The summed E-state index contributed by atoms with van der Waals surface area (Å²) in [4.78, 5) is 0. The molecule has 0 amide bonds. The lowest BCUT2D eigenvalue weighted by Crippen LogP contribution is -2.15. The van der Waals surface area contributed by atoms with Crippen molar-refractivity contribution in [3.63, 3.8) is 0 Å². The van der Waals surface area contributed by atoms with E-state index in [1.807, 2.05) is 76.2 Å². The molecule has 0 atom stereocenters. The van der Waals surface area contributed by atoms with Crippen LogP contribution in [0.4, 0.5) is 0 Å². The summed E-state index contributed by atoms with van der Waals surface area (Å²) in [6, 6.07) is 30.8. The third kappa shape index (κ3) is 4.88. The summed E-state index contributed by atoms with van der Waals surface area (Å²) < 4.78 is 4.90. The molecule has 0 unspecified atom stereocenters. The second-order valence-electron chi connectivity index (χ2n) is 8.55. The quantitative estimate of drug-likeness (QED) is 0.279. The van der Waals surface area contributed by atoms with Crippen molar-refractivity contribution in [3.05, 3.63) is 102 Å². The normalized spacial score (nSPS) is 11.8. The van der Waals surface area contributed by atoms with Gasteiger partial charge in [0, 0.05) is 5.41 Å². The van der Waals surface area contributed by atoms with E-state index in [0.717, 1.165) is 22.3 Å². The van der Waals surface area contributed by atoms with Gasteiger partial charge < -0.3 is 4.74 Å². The lowest BCUT2D eigenvalue weighted by Gasteiger charge is -2.22. The van der Waals surface area contributed by atoms with E-state index < -0.39 is 0 Å². The summed E-state index contributed by atoms with van der Waals surface area (Å²) >= 11 is 0. The van der Waals surface area contributed by atoms with Gasteiger partial charge in [-0.1, -0.05) is 90.1 Å². The van der Waals surface area contributed by atoms with E-state index in [-0.39, 0.29) is 5.41 Å². The monoisotopic (exact) mass is 472 g/mol. The number of fused-ring (bicyclic) bond motifs is 3. The molecule has 5 rings (SSSR count). The summed E-state index contributed by atoms with van der Waals surface area (Å²) in [7, 11) is 0. The average molecular weight is 473 g/mol. The van der Waals surface area contributed by atoms with Gasteiger partial charge in [0.1, 0.15) is 5.75 Å². The molecule has 4 aromatic carbocycles. The van der Waals surface area contributed by atoms with Crippen molar-refractivity contribution in [3.8, 4) is 51.5 Å². The highest BCUT2D eigenvalue weighted by Crippen LogP contribution is 2.50. The van der Waals surface area contributed by atoms with Crippen molar-refractivity contribution in [2.24, 2.45) is 0 Å². The molecular formula is C33H32N2O. The SMILES string of the molecule is CC.CC.CC1(C)c2cc(-c3ccc(C#N)cc3)ccc2-c2ccc(-c3ccc(OC#N)cc3)cc21. The molecular weight excluding hydrogens is 440 g/mol. The fraction of sp³-hybridized carbons (Fsp3) is 0.212. The minimum atomic E-state index is -0.132. The van der Waals surface area contributed by atoms with E-state index >= 15 is 0 Å². The molecule has 0 heterocycles. The maximum absolute atomic E-state index is 9.07. The molecule has 0 aromatic heterocycles. The predicted octanol–water partition coefficient (Wildman–Crippen LogP) is 9.11. The molecule has 0 saturated heterocycles. The molecule has 0 aliphatic heterocycles. The Morgan fingerprint density at radius 3 is 1.42 bits per heavy atom. The lowest BCUT2D eigenvalue weighted by molar-refractivity contribution is 0.507. The van der Waals surface area contributed by atoms with Crippen molar-refractivity contribution in [1.82, 2.24) is 0 Å². The number of nitriles is 2. The molecule has 0 fully saturated rings. The zero-order chi connectivity index (χ0) is 26.3. The van der Waals surface area contributed by atoms with Gasteiger partial charge in [0.05, 0.1) is 11.6 Å². The Labute approximate surface area is 215 Å². The first-order valence-electron chi connectivity index (χ1n) is 12.5. The Balaban J connectivity index is 0.000000861. The maximum atomic E-state index is 9.07. The van der Waals surface area contributed by atoms with Gasteiger partial charge in [0.2, 0.25) is 0 Å². The van der Waals surface area contributed by atoms with Crippen molar-refractivity contribution in [2.45, 2.75) is 47.0 Å². The summed E-state index contributed by atoms with van der Waals surface area (Å²) in [5, 5.41) is 17.8. The van der Waals surface area contributed by atoms with E-state index in [1.54, 1.807) is 6.26 Å². The minimum absolute atomic E-state index is 0.132. The van der Waals surface area contributed by atoms with Crippen molar-refractivity contribution in [1.29, 1.82) is 10.5 Å². The lowest BCUT2D eigenvalue weighted by atomic mass is 9.81. The summed E-state index contributed by atoms with van der Waals surface area (Å²) in [6.45, 7) is 12.5. The molecule has 3 heteroatoms. The zero-order valence-corrected chi connectivity index (χ0v) is 21.9. The molecule has 4 aromatic rings. The Bertz CT molecular complexity index is 1420. The number of benzene rings is 4. The van der Waals surface area contributed by atoms with Gasteiger partial charge in [0.25, 0.3) is 6.26 Å². The Morgan fingerprint density at radius 2 is 1.00 bits per heavy atom. The van der Waals surface area contributed by atoms with Crippen LogP contribution in [0.25, 0.3) is 33.4 Å². The van der Waals surface area contributed by atoms with Crippen LogP contribution >= 0.6 is 0 Å². The van der Waals surface area contributed by atoms with Crippen molar-refractivity contribution < 1.29 is 4.74 Å². The largest absolute Gasteiger partial charge is 0.388 e. The van der Waals surface area contributed by atoms with Gasteiger partial charge in [0.15, 0.2) is 0 Å². The van der Waals surface area contributed by atoms with Crippen LogP contribution < -0.4 is 4.74 Å². The first-order valence-corrected chi connectivity index (χ1v) is 12.5. The van der Waals surface area contributed by atoms with Gasteiger partial charge >= 0.3 is 0 Å².